The Morgan fingerprint density at radius 1 is 1.17 bits per heavy atom. The summed E-state index contributed by atoms with van der Waals surface area (Å²) in [5.74, 6) is -1.28. The van der Waals surface area contributed by atoms with Gasteiger partial charge in [0.15, 0.2) is 6.61 Å². The number of aromatic hydroxyl groups is 1. The standard InChI is InChI=1S/C27H26N2O7/c1-14-8-22(25-17-4-2-3-5-18(17)27(34)36-23(25)9-14)35-13-24(31)29-21(26(32)33)10-15-12-28-20-7-6-16(30)11-19(15)20/h6-9,11-12,21,28,30H,2-5,10,13H2,1H3,(H,29,31)(H,32,33). The van der Waals surface area contributed by atoms with Gasteiger partial charge in [-0.05, 0) is 79.6 Å². The number of fused-ring (bicyclic) bond motifs is 4. The largest absolute Gasteiger partial charge is 0.508 e. The van der Waals surface area contributed by atoms with Gasteiger partial charge in [-0.15, -0.1) is 0 Å². The van der Waals surface area contributed by atoms with Gasteiger partial charge in [-0.25, -0.2) is 9.59 Å². The summed E-state index contributed by atoms with van der Waals surface area (Å²) in [6, 6.07) is 7.15. The SMILES string of the molecule is Cc1cc(OCC(=O)NC(Cc2c[nH]c3ccc(O)cc23)C(=O)O)c2c3c(c(=O)oc2c1)CCCC3. The van der Waals surface area contributed by atoms with E-state index in [1.807, 2.05) is 6.92 Å². The van der Waals surface area contributed by atoms with Gasteiger partial charge < -0.3 is 29.7 Å². The summed E-state index contributed by atoms with van der Waals surface area (Å²) >= 11 is 0. The fourth-order valence-corrected chi connectivity index (χ4v) is 4.92. The maximum Gasteiger partial charge on any atom is 0.339 e. The second kappa shape index (κ2) is 9.41. The number of amides is 1. The first-order valence-electron chi connectivity index (χ1n) is 11.8. The Morgan fingerprint density at radius 2 is 1.94 bits per heavy atom. The molecule has 2 aromatic carbocycles. The summed E-state index contributed by atoms with van der Waals surface area (Å²) < 4.78 is 11.4. The van der Waals surface area contributed by atoms with Crippen LogP contribution in [-0.4, -0.2) is 39.7 Å². The molecule has 1 unspecified atom stereocenters. The monoisotopic (exact) mass is 490 g/mol. The van der Waals surface area contributed by atoms with E-state index in [0.29, 0.717) is 39.7 Å². The Balaban J connectivity index is 1.35. The number of hydrogen-bond acceptors (Lipinski definition) is 6. The summed E-state index contributed by atoms with van der Waals surface area (Å²) in [4.78, 5) is 40.1. The van der Waals surface area contributed by atoms with Crippen LogP contribution in [0, 0.1) is 6.92 Å². The van der Waals surface area contributed by atoms with Crippen LogP contribution in [0.5, 0.6) is 11.5 Å². The molecule has 0 saturated carbocycles. The van der Waals surface area contributed by atoms with Crippen LogP contribution in [0.1, 0.15) is 35.1 Å². The maximum atomic E-state index is 12.7. The molecule has 2 heterocycles. The lowest BCUT2D eigenvalue weighted by molar-refractivity contribution is -0.142. The molecule has 0 spiro atoms. The minimum Gasteiger partial charge on any atom is -0.508 e. The second-order valence-electron chi connectivity index (χ2n) is 9.18. The molecular formula is C27H26N2O7. The van der Waals surface area contributed by atoms with Crippen molar-refractivity contribution in [3.8, 4) is 11.5 Å². The number of carbonyl (C=O) groups is 2. The lowest BCUT2D eigenvalue weighted by Crippen LogP contribution is -2.44. The van der Waals surface area contributed by atoms with Crippen LogP contribution < -0.4 is 15.7 Å². The molecule has 4 aromatic rings. The van der Waals surface area contributed by atoms with Gasteiger partial charge in [-0.1, -0.05) is 0 Å². The lowest BCUT2D eigenvalue weighted by atomic mass is 9.90. The van der Waals surface area contributed by atoms with E-state index in [0.717, 1.165) is 35.9 Å². The Kier molecular flexibility index (Phi) is 6.13. The first-order valence-corrected chi connectivity index (χ1v) is 11.8. The number of rotatable bonds is 7. The van der Waals surface area contributed by atoms with E-state index in [4.69, 9.17) is 9.15 Å². The number of phenols is 1. The first-order chi connectivity index (χ1) is 17.3. The average Bonchev–Trinajstić information content (AvgIpc) is 3.23. The van der Waals surface area contributed by atoms with Crippen LogP contribution in [0.25, 0.3) is 21.9 Å². The zero-order valence-corrected chi connectivity index (χ0v) is 19.7. The van der Waals surface area contributed by atoms with Crippen molar-refractivity contribution in [2.24, 2.45) is 0 Å². The van der Waals surface area contributed by atoms with Gasteiger partial charge in [0.25, 0.3) is 5.91 Å². The number of carbonyl (C=O) groups excluding carboxylic acids is 1. The number of phenolic OH excluding ortho intramolecular Hbond substituents is 1. The van der Waals surface area contributed by atoms with E-state index in [1.54, 1.807) is 30.5 Å². The van der Waals surface area contributed by atoms with E-state index in [9.17, 15) is 24.6 Å². The van der Waals surface area contributed by atoms with Crippen molar-refractivity contribution in [2.45, 2.75) is 45.1 Å². The van der Waals surface area contributed by atoms with Crippen LogP contribution in [0.15, 0.2) is 45.7 Å². The van der Waals surface area contributed by atoms with Crippen LogP contribution >= 0.6 is 0 Å². The van der Waals surface area contributed by atoms with Crippen LogP contribution in [0.2, 0.25) is 0 Å². The quantitative estimate of drug-likeness (QED) is 0.291. The average molecular weight is 491 g/mol. The number of ether oxygens (including phenoxy) is 1. The Labute approximate surface area is 205 Å². The van der Waals surface area contributed by atoms with Crippen molar-refractivity contribution < 1.29 is 29.0 Å². The highest BCUT2D eigenvalue weighted by Crippen LogP contribution is 2.34. The Bertz CT molecular complexity index is 1550. The molecule has 4 N–H and O–H groups in total. The number of aromatic nitrogens is 1. The molecule has 186 valence electrons. The number of H-pyrrole nitrogens is 1. The topological polar surface area (TPSA) is 142 Å². The number of nitrogens with one attached hydrogen (secondary N) is 2. The number of hydrogen-bond donors (Lipinski definition) is 4. The third-order valence-corrected chi connectivity index (χ3v) is 6.60. The summed E-state index contributed by atoms with van der Waals surface area (Å²) in [5.41, 5.74) is 3.85. The van der Waals surface area contributed by atoms with Crippen LogP contribution in [-0.2, 0) is 28.9 Å². The normalized spacial score (nSPS) is 13.9. The van der Waals surface area contributed by atoms with Crippen molar-refractivity contribution in [3.63, 3.8) is 0 Å². The molecule has 1 amide bonds. The molecule has 36 heavy (non-hydrogen) atoms. The maximum absolute atomic E-state index is 12.7. The minimum absolute atomic E-state index is 0.0244. The Morgan fingerprint density at radius 3 is 2.72 bits per heavy atom. The van der Waals surface area contributed by atoms with Gasteiger partial charge in [-0.2, -0.15) is 0 Å². The summed E-state index contributed by atoms with van der Waals surface area (Å²) in [5, 5.41) is 23.4. The summed E-state index contributed by atoms with van der Waals surface area (Å²) in [7, 11) is 0. The molecular weight excluding hydrogens is 464 g/mol. The van der Waals surface area contributed by atoms with Crippen molar-refractivity contribution in [3.05, 3.63) is 69.2 Å². The molecule has 5 rings (SSSR count). The van der Waals surface area contributed by atoms with Crippen molar-refractivity contribution in [2.75, 3.05) is 6.61 Å². The molecule has 1 aliphatic carbocycles. The van der Waals surface area contributed by atoms with Gasteiger partial charge in [-0.3, -0.25) is 4.79 Å². The highest BCUT2D eigenvalue weighted by molar-refractivity contribution is 5.90. The minimum atomic E-state index is -1.19. The fourth-order valence-electron chi connectivity index (χ4n) is 4.92. The third kappa shape index (κ3) is 4.51. The van der Waals surface area contributed by atoms with Crippen molar-refractivity contribution in [1.82, 2.24) is 10.3 Å². The van der Waals surface area contributed by atoms with Crippen LogP contribution in [0.3, 0.4) is 0 Å². The molecule has 9 heteroatoms. The zero-order chi connectivity index (χ0) is 25.4. The molecule has 2 aromatic heterocycles. The van der Waals surface area contributed by atoms with Crippen LogP contribution in [0.4, 0.5) is 0 Å². The summed E-state index contributed by atoms with van der Waals surface area (Å²) in [6.07, 6.45) is 4.93. The highest BCUT2D eigenvalue weighted by Gasteiger charge is 2.24. The molecule has 0 fully saturated rings. The number of benzene rings is 2. The third-order valence-electron chi connectivity index (χ3n) is 6.60. The van der Waals surface area contributed by atoms with Crippen molar-refractivity contribution >= 4 is 33.7 Å². The molecule has 0 saturated heterocycles. The van der Waals surface area contributed by atoms with Gasteiger partial charge >= 0.3 is 11.6 Å². The fraction of sp³-hybridized carbons (Fsp3) is 0.296. The summed E-state index contributed by atoms with van der Waals surface area (Å²) in [6.45, 7) is 1.44. The van der Waals surface area contributed by atoms with Gasteiger partial charge in [0.2, 0.25) is 0 Å². The smallest absolute Gasteiger partial charge is 0.339 e. The van der Waals surface area contributed by atoms with Gasteiger partial charge in [0.1, 0.15) is 23.1 Å². The van der Waals surface area contributed by atoms with Gasteiger partial charge in [0.05, 0.1) is 5.39 Å². The molecule has 0 aliphatic heterocycles. The lowest BCUT2D eigenvalue weighted by Gasteiger charge is -2.19. The zero-order valence-electron chi connectivity index (χ0n) is 19.7. The number of carboxylic acids is 1. The number of aliphatic carboxylic acids is 1. The second-order valence-corrected chi connectivity index (χ2v) is 9.18. The van der Waals surface area contributed by atoms with E-state index in [2.05, 4.69) is 10.3 Å². The molecule has 0 radical (unpaired) electrons. The predicted octanol–water partition coefficient (Wildman–Crippen LogP) is 3.36. The van der Waals surface area contributed by atoms with E-state index in [1.165, 1.54) is 6.07 Å². The van der Waals surface area contributed by atoms with Crippen molar-refractivity contribution in [1.29, 1.82) is 0 Å². The first kappa shape index (κ1) is 23.5. The van der Waals surface area contributed by atoms with E-state index >= 15 is 0 Å². The highest BCUT2D eigenvalue weighted by atomic mass is 16.5. The Hall–Kier alpha value is -4.27. The molecule has 9 nitrogen and oxygen atoms in total. The number of aromatic amines is 1. The van der Waals surface area contributed by atoms with E-state index < -0.39 is 24.5 Å². The molecule has 1 atom stereocenters. The molecule has 1 aliphatic rings. The van der Waals surface area contributed by atoms with Gasteiger partial charge in [0, 0.05) is 29.1 Å². The number of aryl methyl sites for hydroxylation is 2. The van der Waals surface area contributed by atoms with E-state index in [-0.39, 0.29) is 17.8 Å². The predicted molar refractivity (Wildman–Crippen MR) is 133 cm³/mol. The number of carboxylic acid groups (broad SMARTS) is 1. The molecule has 0 bridgehead atoms.